The zero-order valence-electron chi connectivity index (χ0n) is 11.2. The van der Waals surface area contributed by atoms with E-state index in [2.05, 4.69) is 10.5 Å². The number of nitrogens with one attached hydrogen (secondary N) is 1. The summed E-state index contributed by atoms with van der Waals surface area (Å²) in [5, 5.41) is 17.0. The van der Waals surface area contributed by atoms with Gasteiger partial charge in [0.1, 0.15) is 5.71 Å². The van der Waals surface area contributed by atoms with Gasteiger partial charge in [-0.05, 0) is 12.3 Å². The SMILES string of the molecule is Cc1ccc(C2=NNC(=O)N3CCSC=C23)cc1[N+](=O)[O-]. The van der Waals surface area contributed by atoms with E-state index in [9.17, 15) is 14.9 Å². The monoisotopic (exact) mass is 304 g/mol. The van der Waals surface area contributed by atoms with Crippen LogP contribution in [0.4, 0.5) is 10.5 Å². The van der Waals surface area contributed by atoms with Gasteiger partial charge in [0.2, 0.25) is 0 Å². The van der Waals surface area contributed by atoms with Crippen LogP contribution in [-0.4, -0.2) is 33.9 Å². The van der Waals surface area contributed by atoms with Crippen LogP contribution in [0, 0.1) is 17.0 Å². The molecule has 1 aromatic rings. The molecule has 0 saturated heterocycles. The highest BCUT2D eigenvalue weighted by atomic mass is 32.2. The Morgan fingerprint density at radius 3 is 3.05 bits per heavy atom. The quantitative estimate of drug-likeness (QED) is 0.670. The molecule has 0 radical (unpaired) electrons. The highest BCUT2D eigenvalue weighted by Crippen LogP contribution is 2.27. The zero-order chi connectivity index (χ0) is 15.0. The van der Waals surface area contributed by atoms with Crippen LogP contribution in [0.15, 0.2) is 34.4 Å². The third kappa shape index (κ3) is 2.38. The molecule has 21 heavy (non-hydrogen) atoms. The first-order valence-electron chi connectivity index (χ1n) is 6.30. The summed E-state index contributed by atoms with van der Waals surface area (Å²) < 4.78 is 0. The molecule has 0 bridgehead atoms. The van der Waals surface area contributed by atoms with Gasteiger partial charge in [0, 0.05) is 29.5 Å². The molecule has 2 aliphatic rings. The predicted octanol–water partition coefficient (Wildman–Crippen LogP) is 2.22. The third-order valence-electron chi connectivity index (χ3n) is 3.35. The molecule has 108 valence electrons. The number of hydrazone groups is 1. The number of amides is 2. The van der Waals surface area contributed by atoms with Crippen LogP contribution in [0.3, 0.4) is 0 Å². The summed E-state index contributed by atoms with van der Waals surface area (Å²) in [7, 11) is 0. The number of hydrogen-bond donors (Lipinski definition) is 1. The number of carbonyl (C=O) groups is 1. The number of allylic oxidation sites excluding steroid dienone is 1. The maximum absolute atomic E-state index is 11.8. The third-order valence-corrected chi connectivity index (χ3v) is 4.16. The maximum atomic E-state index is 11.8. The molecule has 0 saturated carbocycles. The van der Waals surface area contributed by atoms with Gasteiger partial charge < -0.3 is 0 Å². The van der Waals surface area contributed by atoms with E-state index in [1.165, 1.54) is 6.07 Å². The first-order valence-corrected chi connectivity index (χ1v) is 7.35. The summed E-state index contributed by atoms with van der Waals surface area (Å²) in [6, 6.07) is 4.68. The van der Waals surface area contributed by atoms with E-state index in [0.29, 0.717) is 29.1 Å². The molecule has 1 aromatic carbocycles. The molecular formula is C13H12N4O3S. The van der Waals surface area contributed by atoms with Gasteiger partial charge in [-0.2, -0.15) is 5.10 Å². The largest absolute Gasteiger partial charge is 0.342 e. The van der Waals surface area contributed by atoms with Gasteiger partial charge in [-0.3, -0.25) is 15.0 Å². The van der Waals surface area contributed by atoms with Crippen molar-refractivity contribution in [1.82, 2.24) is 10.3 Å². The molecule has 0 fully saturated rings. The minimum absolute atomic E-state index is 0.0442. The second kappa shape index (κ2) is 5.21. The number of urea groups is 1. The Balaban J connectivity index is 2.07. The molecule has 0 aromatic heterocycles. The smallest absolute Gasteiger partial charge is 0.289 e. The maximum Gasteiger partial charge on any atom is 0.342 e. The summed E-state index contributed by atoms with van der Waals surface area (Å²) in [6.45, 7) is 2.28. The highest BCUT2D eigenvalue weighted by molar-refractivity contribution is 8.02. The molecule has 3 rings (SSSR count). The van der Waals surface area contributed by atoms with Crippen LogP contribution in [-0.2, 0) is 0 Å². The van der Waals surface area contributed by atoms with Gasteiger partial charge >= 0.3 is 6.03 Å². The van der Waals surface area contributed by atoms with Crippen LogP contribution >= 0.6 is 11.8 Å². The number of nitro groups is 1. The molecule has 0 atom stereocenters. The van der Waals surface area contributed by atoms with Crippen molar-refractivity contribution in [2.24, 2.45) is 5.10 Å². The Labute approximate surface area is 124 Å². The molecule has 2 amide bonds. The van der Waals surface area contributed by atoms with E-state index in [1.54, 1.807) is 35.7 Å². The molecule has 0 unspecified atom stereocenters. The summed E-state index contributed by atoms with van der Waals surface area (Å²) >= 11 is 1.60. The van der Waals surface area contributed by atoms with Crippen molar-refractivity contribution in [2.75, 3.05) is 12.3 Å². The Kier molecular flexibility index (Phi) is 3.38. The number of thioether (sulfide) groups is 1. The van der Waals surface area contributed by atoms with Crippen molar-refractivity contribution < 1.29 is 9.72 Å². The van der Waals surface area contributed by atoms with E-state index in [-0.39, 0.29) is 11.7 Å². The Hall–Kier alpha value is -2.35. The highest BCUT2D eigenvalue weighted by Gasteiger charge is 2.30. The van der Waals surface area contributed by atoms with Gasteiger partial charge in [0.15, 0.2) is 0 Å². The minimum atomic E-state index is -0.414. The van der Waals surface area contributed by atoms with E-state index in [4.69, 9.17) is 0 Å². The van der Waals surface area contributed by atoms with Crippen molar-refractivity contribution in [2.45, 2.75) is 6.92 Å². The van der Waals surface area contributed by atoms with E-state index in [1.807, 2.05) is 5.41 Å². The fourth-order valence-electron chi connectivity index (χ4n) is 2.25. The number of carbonyl (C=O) groups excluding carboxylic acids is 1. The van der Waals surface area contributed by atoms with Crippen LogP contribution in [0.1, 0.15) is 11.1 Å². The first kappa shape index (κ1) is 13.6. The van der Waals surface area contributed by atoms with E-state index >= 15 is 0 Å². The van der Waals surface area contributed by atoms with Gasteiger partial charge in [-0.15, -0.1) is 11.8 Å². The van der Waals surface area contributed by atoms with Crippen LogP contribution in [0.2, 0.25) is 0 Å². The topological polar surface area (TPSA) is 87.8 Å². The standard InChI is InChI=1S/C13H12N4O3S/c1-8-2-3-9(6-10(8)17(19)20)12-11-7-21-5-4-16(11)13(18)15-14-12/h2-3,6-7H,4-5H2,1H3,(H,15,18). The number of fused-ring (bicyclic) bond motifs is 1. The molecule has 0 aliphatic carbocycles. The van der Waals surface area contributed by atoms with Crippen molar-refractivity contribution in [3.8, 4) is 0 Å². The number of rotatable bonds is 2. The number of hydrogen-bond acceptors (Lipinski definition) is 5. The van der Waals surface area contributed by atoms with Gasteiger partial charge in [0.25, 0.3) is 5.69 Å². The molecule has 2 heterocycles. The van der Waals surface area contributed by atoms with Crippen molar-refractivity contribution in [3.05, 3.63) is 50.5 Å². The lowest BCUT2D eigenvalue weighted by Crippen LogP contribution is -2.46. The normalized spacial score (nSPS) is 17.6. The second-order valence-electron chi connectivity index (χ2n) is 4.66. The number of nitro benzene ring substituents is 1. The Bertz CT molecular complexity index is 699. The van der Waals surface area contributed by atoms with Crippen molar-refractivity contribution >= 4 is 29.2 Å². The lowest BCUT2D eigenvalue weighted by Gasteiger charge is -2.31. The predicted molar refractivity (Wildman–Crippen MR) is 80.1 cm³/mol. The summed E-state index contributed by atoms with van der Waals surface area (Å²) in [6.07, 6.45) is 0. The van der Waals surface area contributed by atoms with Crippen molar-refractivity contribution in [1.29, 1.82) is 0 Å². The summed E-state index contributed by atoms with van der Waals surface area (Å²) in [5.41, 5.74) is 4.93. The summed E-state index contributed by atoms with van der Waals surface area (Å²) in [5.74, 6) is 0.818. The lowest BCUT2D eigenvalue weighted by molar-refractivity contribution is -0.385. The van der Waals surface area contributed by atoms with Gasteiger partial charge in [-0.25, -0.2) is 10.2 Å². The van der Waals surface area contributed by atoms with Crippen LogP contribution < -0.4 is 5.43 Å². The fraction of sp³-hybridized carbons (Fsp3) is 0.231. The van der Waals surface area contributed by atoms with Crippen LogP contribution in [0.5, 0.6) is 0 Å². The lowest BCUT2D eigenvalue weighted by atomic mass is 10.0. The molecule has 1 N–H and O–H groups in total. The number of benzene rings is 1. The average molecular weight is 304 g/mol. The first-order chi connectivity index (χ1) is 10.1. The zero-order valence-corrected chi connectivity index (χ0v) is 12.0. The molecule has 8 heteroatoms. The second-order valence-corrected chi connectivity index (χ2v) is 5.64. The molecule has 0 spiro atoms. The summed E-state index contributed by atoms with van der Waals surface area (Å²) in [4.78, 5) is 24.0. The van der Waals surface area contributed by atoms with Crippen molar-refractivity contribution in [3.63, 3.8) is 0 Å². The Morgan fingerprint density at radius 1 is 1.48 bits per heavy atom. The van der Waals surface area contributed by atoms with Gasteiger partial charge in [-0.1, -0.05) is 12.1 Å². The Morgan fingerprint density at radius 2 is 2.29 bits per heavy atom. The number of nitrogens with zero attached hydrogens (tertiary/aromatic N) is 3. The van der Waals surface area contributed by atoms with Gasteiger partial charge in [0.05, 0.1) is 10.6 Å². The van der Waals surface area contributed by atoms with E-state index in [0.717, 1.165) is 5.75 Å². The molecule has 7 nitrogen and oxygen atoms in total. The average Bonchev–Trinajstić information content (AvgIpc) is 2.48. The fourth-order valence-corrected chi connectivity index (χ4v) is 3.05. The molecular weight excluding hydrogens is 292 g/mol. The van der Waals surface area contributed by atoms with Crippen LogP contribution in [0.25, 0.3) is 0 Å². The van der Waals surface area contributed by atoms with E-state index < -0.39 is 4.92 Å². The minimum Gasteiger partial charge on any atom is -0.289 e. The molecule has 2 aliphatic heterocycles. The number of aryl methyl sites for hydroxylation is 1.